The Kier molecular flexibility index (Phi) is 4.93. The minimum atomic E-state index is -0.376. The summed E-state index contributed by atoms with van der Waals surface area (Å²) in [5.74, 6) is 0.796. The van der Waals surface area contributed by atoms with Crippen molar-refractivity contribution in [1.29, 1.82) is 0 Å². The first-order chi connectivity index (χ1) is 10.1. The second-order valence-corrected chi connectivity index (χ2v) is 5.01. The van der Waals surface area contributed by atoms with E-state index in [9.17, 15) is 4.39 Å². The quantitative estimate of drug-likeness (QED) is 0.880. The van der Waals surface area contributed by atoms with Crippen LogP contribution in [0.1, 0.15) is 17.4 Å². The van der Waals surface area contributed by atoms with Gasteiger partial charge in [-0.1, -0.05) is 6.07 Å². The molecular weight excluding hydrogens is 271 g/mol. The molecule has 0 aliphatic rings. The minimum Gasteiger partial charge on any atom is -0.494 e. The van der Waals surface area contributed by atoms with Gasteiger partial charge in [-0.15, -0.1) is 0 Å². The van der Waals surface area contributed by atoms with Gasteiger partial charge in [-0.3, -0.25) is 4.90 Å². The molecule has 1 aromatic heterocycles. The van der Waals surface area contributed by atoms with Crippen LogP contribution in [0.4, 0.5) is 4.39 Å². The molecule has 0 aliphatic heterocycles. The Morgan fingerprint density at radius 1 is 1.48 bits per heavy atom. The van der Waals surface area contributed by atoms with Crippen LogP contribution in [0.5, 0.6) is 5.75 Å². The van der Waals surface area contributed by atoms with Gasteiger partial charge in [-0.25, -0.2) is 9.37 Å². The van der Waals surface area contributed by atoms with Gasteiger partial charge >= 0.3 is 0 Å². The number of ether oxygens (including phenoxy) is 1. The van der Waals surface area contributed by atoms with E-state index in [1.54, 1.807) is 12.3 Å². The molecule has 0 saturated carbocycles. The van der Waals surface area contributed by atoms with Crippen molar-refractivity contribution in [3.05, 3.63) is 47.8 Å². The molecule has 1 aromatic carbocycles. The van der Waals surface area contributed by atoms with Crippen molar-refractivity contribution in [1.82, 2.24) is 14.5 Å². The minimum absolute atomic E-state index is 0.0814. The maximum absolute atomic E-state index is 13.9. The number of aryl methyl sites for hydroxylation is 1. The predicted octanol–water partition coefficient (Wildman–Crippen LogP) is 1.70. The highest BCUT2D eigenvalue weighted by molar-refractivity contribution is 5.31. The van der Waals surface area contributed by atoms with Gasteiger partial charge in [0.05, 0.1) is 13.7 Å². The number of halogens is 1. The van der Waals surface area contributed by atoms with E-state index in [4.69, 9.17) is 10.5 Å². The van der Waals surface area contributed by atoms with Crippen LogP contribution in [-0.4, -0.2) is 35.2 Å². The summed E-state index contributed by atoms with van der Waals surface area (Å²) in [5, 5.41) is 0. The molecule has 2 N–H and O–H groups in total. The first kappa shape index (κ1) is 15.5. The number of benzene rings is 1. The van der Waals surface area contributed by atoms with E-state index in [0.29, 0.717) is 13.1 Å². The molecule has 114 valence electrons. The van der Waals surface area contributed by atoms with Crippen molar-refractivity contribution in [2.45, 2.75) is 12.6 Å². The Balaban J connectivity index is 2.18. The molecule has 2 rings (SSSR count). The lowest BCUT2D eigenvalue weighted by Crippen LogP contribution is -2.31. The summed E-state index contributed by atoms with van der Waals surface area (Å²) in [5.41, 5.74) is 6.70. The zero-order valence-electron chi connectivity index (χ0n) is 12.6. The summed E-state index contributed by atoms with van der Waals surface area (Å²) in [7, 11) is 5.35. The Morgan fingerprint density at radius 2 is 2.24 bits per heavy atom. The third-order valence-electron chi connectivity index (χ3n) is 3.63. The topological polar surface area (TPSA) is 56.3 Å². The van der Waals surface area contributed by atoms with Gasteiger partial charge in [0.1, 0.15) is 5.82 Å². The molecule has 1 unspecified atom stereocenters. The van der Waals surface area contributed by atoms with Crippen LogP contribution in [0.15, 0.2) is 30.6 Å². The van der Waals surface area contributed by atoms with Gasteiger partial charge in [0.15, 0.2) is 11.6 Å². The first-order valence-electron chi connectivity index (χ1n) is 6.76. The molecule has 0 amide bonds. The molecule has 0 spiro atoms. The maximum atomic E-state index is 13.9. The van der Waals surface area contributed by atoms with Crippen molar-refractivity contribution >= 4 is 0 Å². The predicted molar refractivity (Wildman–Crippen MR) is 79.4 cm³/mol. The maximum Gasteiger partial charge on any atom is 0.165 e. The average molecular weight is 292 g/mol. The van der Waals surface area contributed by atoms with Gasteiger partial charge in [-0.2, -0.15) is 0 Å². The Bertz CT molecular complexity index is 599. The van der Waals surface area contributed by atoms with Crippen molar-refractivity contribution in [2.75, 3.05) is 20.7 Å². The average Bonchev–Trinajstić information content (AvgIpc) is 2.85. The highest BCUT2D eigenvalue weighted by atomic mass is 19.1. The first-order valence-corrected chi connectivity index (χ1v) is 6.76. The number of rotatable bonds is 6. The van der Waals surface area contributed by atoms with Crippen LogP contribution < -0.4 is 10.5 Å². The van der Waals surface area contributed by atoms with Gasteiger partial charge in [0, 0.05) is 32.0 Å². The zero-order chi connectivity index (χ0) is 15.4. The fourth-order valence-corrected chi connectivity index (χ4v) is 2.34. The molecule has 6 heteroatoms. The Hall–Kier alpha value is -1.92. The fourth-order valence-electron chi connectivity index (χ4n) is 2.34. The van der Waals surface area contributed by atoms with E-state index in [1.807, 2.05) is 30.9 Å². The monoisotopic (exact) mass is 292 g/mol. The second-order valence-electron chi connectivity index (χ2n) is 5.01. The van der Waals surface area contributed by atoms with E-state index in [0.717, 1.165) is 11.4 Å². The van der Waals surface area contributed by atoms with Crippen molar-refractivity contribution in [3.8, 4) is 5.75 Å². The highest BCUT2D eigenvalue weighted by Crippen LogP contribution is 2.25. The molecular formula is C15H21FN4O. The summed E-state index contributed by atoms with van der Waals surface area (Å²) in [4.78, 5) is 6.36. The number of methoxy groups -OCH3 is 1. The van der Waals surface area contributed by atoms with Gasteiger partial charge in [0.2, 0.25) is 0 Å². The molecule has 0 fully saturated rings. The third kappa shape index (κ3) is 3.40. The van der Waals surface area contributed by atoms with Crippen LogP contribution in [0.3, 0.4) is 0 Å². The van der Waals surface area contributed by atoms with Crippen molar-refractivity contribution in [3.63, 3.8) is 0 Å². The third-order valence-corrected chi connectivity index (χ3v) is 3.63. The van der Waals surface area contributed by atoms with Crippen molar-refractivity contribution in [2.24, 2.45) is 12.8 Å². The van der Waals surface area contributed by atoms with Crippen LogP contribution in [0.25, 0.3) is 0 Å². The number of hydrogen-bond donors (Lipinski definition) is 1. The molecule has 21 heavy (non-hydrogen) atoms. The Morgan fingerprint density at radius 3 is 2.76 bits per heavy atom. The number of nitrogens with zero attached hydrogens (tertiary/aromatic N) is 3. The molecule has 0 radical (unpaired) electrons. The SMILES string of the molecule is COc1ccc(C(CN)N(C)Cc2nccn2C)cc1F. The molecule has 5 nitrogen and oxygen atoms in total. The van der Waals surface area contributed by atoms with E-state index < -0.39 is 0 Å². The second kappa shape index (κ2) is 6.69. The smallest absolute Gasteiger partial charge is 0.165 e. The van der Waals surface area contributed by atoms with Crippen molar-refractivity contribution < 1.29 is 9.13 Å². The molecule has 0 bridgehead atoms. The summed E-state index contributed by atoms with van der Waals surface area (Å²) < 4.78 is 20.7. The van der Waals surface area contributed by atoms with E-state index in [-0.39, 0.29) is 17.6 Å². The standard InChI is InChI=1S/C15H21FN4O/c1-19-7-6-18-15(19)10-20(2)13(9-17)11-4-5-14(21-3)12(16)8-11/h4-8,13H,9-10,17H2,1-3H3. The molecule has 0 aliphatic carbocycles. The molecule has 0 saturated heterocycles. The highest BCUT2D eigenvalue weighted by Gasteiger charge is 2.18. The molecule has 1 atom stereocenters. The lowest BCUT2D eigenvalue weighted by atomic mass is 10.1. The Labute approximate surface area is 124 Å². The van der Waals surface area contributed by atoms with E-state index in [1.165, 1.54) is 13.2 Å². The van der Waals surface area contributed by atoms with Crippen LogP contribution >= 0.6 is 0 Å². The molecule has 2 aromatic rings. The largest absolute Gasteiger partial charge is 0.494 e. The lowest BCUT2D eigenvalue weighted by Gasteiger charge is -2.27. The summed E-state index contributed by atoms with van der Waals surface area (Å²) in [6.07, 6.45) is 3.65. The van der Waals surface area contributed by atoms with Gasteiger partial charge < -0.3 is 15.0 Å². The molecule has 1 heterocycles. The van der Waals surface area contributed by atoms with Gasteiger partial charge in [-0.05, 0) is 24.7 Å². The fraction of sp³-hybridized carbons (Fsp3) is 0.400. The normalized spacial score (nSPS) is 12.7. The number of hydrogen-bond acceptors (Lipinski definition) is 4. The number of likely N-dealkylation sites (N-methyl/N-ethyl adjacent to an activating group) is 1. The van der Waals surface area contributed by atoms with Gasteiger partial charge in [0.25, 0.3) is 0 Å². The van der Waals surface area contributed by atoms with E-state index in [2.05, 4.69) is 9.88 Å². The summed E-state index contributed by atoms with van der Waals surface area (Å²) >= 11 is 0. The zero-order valence-corrected chi connectivity index (χ0v) is 12.6. The van der Waals surface area contributed by atoms with Crippen LogP contribution in [0.2, 0.25) is 0 Å². The number of imidazole rings is 1. The number of nitrogens with two attached hydrogens (primary N) is 1. The lowest BCUT2D eigenvalue weighted by molar-refractivity contribution is 0.233. The van der Waals surface area contributed by atoms with Crippen LogP contribution in [-0.2, 0) is 13.6 Å². The number of aromatic nitrogens is 2. The summed E-state index contributed by atoms with van der Waals surface area (Å²) in [6.45, 7) is 1.03. The summed E-state index contributed by atoms with van der Waals surface area (Å²) in [6, 6.07) is 4.86. The van der Waals surface area contributed by atoms with E-state index >= 15 is 0 Å². The van der Waals surface area contributed by atoms with Crippen LogP contribution in [0, 0.1) is 5.82 Å².